The van der Waals surface area contributed by atoms with Gasteiger partial charge in [0, 0.05) is 31.1 Å². The van der Waals surface area contributed by atoms with E-state index in [1.54, 1.807) is 11.3 Å². The number of aliphatic hydroxyl groups is 1. The van der Waals surface area contributed by atoms with Crippen LogP contribution in [0.2, 0.25) is 0 Å². The van der Waals surface area contributed by atoms with Gasteiger partial charge in [-0.2, -0.15) is 0 Å². The number of anilines is 1. The lowest BCUT2D eigenvalue weighted by atomic mass is 10.0. The van der Waals surface area contributed by atoms with Crippen molar-refractivity contribution in [3.8, 4) is 0 Å². The van der Waals surface area contributed by atoms with E-state index >= 15 is 0 Å². The predicted molar refractivity (Wildman–Crippen MR) is 78.9 cm³/mol. The maximum absolute atomic E-state index is 9.50. The summed E-state index contributed by atoms with van der Waals surface area (Å²) >= 11 is 1.68. The molecule has 2 aliphatic rings. The van der Waals surface area contributed by atoms with E-state index < -0.39 is 0 Å². The van der Waals surface area contributed by atoms with Gasteiger partial charge in [-0.05, 0) is 33.7 Å². The van der Waals surface area contributed by atoms with E-state index in [9.17, 15) is 5.11 Å². The standard InChI is InChI=1S/C14H23N3OS/c1-14(2)9-17(7-6-16(14)3)13-15-12(10-4-5-10)11(8-18)19-13/h10,18H,4-9H2,1-3H3. The molecular weight excluding hydrogens is 258 g/mol. The molecule has 0 unspecified atom stereocenters. The van der Waals surface area contributed by atoms with E-state index in [0.29, 0.717) is 5.92 Å². The highest BCUT2D eigenvalue weighted by Crippen LogP contribution is 2.44. The first-order valence-corrected chi connectivity index (χ1v) is 7.89. The molecule has 0 spiro atoms. The summed E-state index contributed by atoms with van der Waals surface area (Å²) in [4.78, 5) is 10.7. The number of nitrogens with zero attached hydrogens (tertiary/aromatic N) is 3. The zero-order valence-corrected chi connectivity index (χ0v) is 12.8. The number of rotatable bonds is 3. The van der Waals surface area contributed by atoms with Crippen LogP contribution in [0.3, 0.4) is 0 Å². The molecule has 0 amide bonds. The van der Waals surface area contributed by atoms with Crippen LogP contribution in [0, 0.1) is 0 Å². The minimum absolute atomic E-state index is 0.140. The van der Waals surface area contributed by atoms with Crippen LogP contribution in [0.1, 0.15) is 43.2 Å². The van der Waals surface area contributed by atoms with Gasteiger partial charge < -0.3 is 10.0 Å². The molecule has 1 N–H and O–H groups in total. The van der Waals surface area contributed by atoms with Gasteiger partial charge in [0.25, 0.3) is 0 Å². The minimum atomic E-state index is 0.140. The fourth-order valence-corrected chi connectivity index (χ4v) is 3.71. The van der Waals surface area contributed by atoms with Crippen molar-refractivity contribution >= 4 is 16.5 Å². The fourth-order valence-electron chi connectivity index (χ4n) is 2.68. The zero-order valence-electron chi connectivity index (χ0n) is 12.0. The molecule has 0 atom stereocenters. The molecule has 0 aromatic carbocycles. The Kier molecular flexibility index (Phi) is 3.31. The van der Waals surface area contributed by atoms with Crippen LogP contribution in [0.5, 0.6) is 0 Å². The van der Waals surface area contributed by atoms with E-state index in [0.717, 1.165) is 29.6 Å². The van der Waals surface area contributed by atoms with Crippen LogP contribution >= 0.6 is 11.3 Å². The molecule has 3 rings (SSSR count). The van der Waals surface area contributed by atoms with Crippen molar-refractivity contribution in [2.75, 3.05) is 31.6 Å². The Bertz CT molecular complexity index is 467. The Morgan fingerprint density at radius 3 is 2.68 bits per heavy atom. The zero-order chi connectivity index (χ0) is 13.6. The molecule has 1 aromatic rings. The van der Waals surface area contributed by atoms with E-state index in [4.69, 9.17) is 4.98 Å². The second-order valence-corrected chi connectivity index (χ2v) is 7.45. The number of aliphatic hydroxyl groups excluding tert-OH is 1. The highest BCUT2D eigenvalue weighted by molar-refractivity contribution is 7.15. The Morgan fingerprint density at radius 2 is 2.11 bits per heavy atom. The number of hydrogen-bond donors (Lipinski definition) is 1. The van der Waals surface area contributed by atoms with Gasteiger partial charge in [-0.1, -0.05) is 11.3 Å². The molecule has 5 heteroatoms. The summed E-state index contributed by atoms with van der Waals surface area (Å²) in [6, 6.07) is 0. The lowest BCUT2D eigenvalue weighted by Crippen LogP contribution is -2.57. The molecule has 0 bridgehead atoms. The van der Waals surface area contributed by atoms with E-state index in [2.05, 4.69) is 30.7 Å². The Hall–Kier alpha value is -0.650. The maximum atomic E-state index is 9.50. The van der Waals surface area contributed by atoms with Crippen LogP contribution in [-0.2, 0) is 6.61 Å². The van der Waals surface area contributed by atoms with Crippen molar-refractivity contribution in [3.63, 3.8) is 0 Å². The number of piperazine rings is 1. The third-order valence-corrected chi connectivity index (χ3v) is 5.53. The second-order valence-electron chi connectivity index (χ2n) is 6.39. The molecule has 1 aliphatic carbocycles. The fraction of sp³-hybridized carbons (Fsp3) is 0.786. The molecule has 1 saturated heterocycles. The van der Waals surface area contributed by atoms with Crippen LogP contribution in [0.4, 0.5) is 5.13 Å². The topological polar surface area (TPSA) is 39.6 Å². The first-order chi connectivity index (χ1) is 9.01. The molecule has 2 heterocycles. The first kappa shape index (κ1) is 13.3. The van der Waals surface area contributed by atoms with Gasteiger partial charge >= 0.3 is 0 Å². The highest BCUT2D eigenvalue weighted by Gasteiger charge is 2.34. The third-order valence-electron chi connectivity index (χ3n) is 4.41. The monoisotopic (exact) mass is 281 g/mol. The van der Waals surface area contributed by atoms with Crippen molar-refractivity contribution in [2.24, 2.45) is 0 Å². The quantitative estimate of drug-likeness (QED) is 0.920. The molecule has 106 valence electrons. The summed E-state index contributed by atoms with van der Waals surface area (Å²) in [6.45, 7) is 7.80. The lowest BCUT2D eigenvalue weighted by Gasteiger charge is -2.45. The van der Waals surface area contributed by atoms with Crippen LogP contribution < -0.4 is 4.90 Å². The molecule has 2 fully saturated rings. The van der Waals surface area contributed by atoms with E-state index in [-0.39, 0.29) is 12.1 Å². The van der Waals surface area contributed by atoms with Gasteiger partial charge in [-0.15, -0.1) is 0 Å². The van der Waals surface area contributed by atoms with Gasteiger partial charge in [-0.25, -0.2) is 4.98 Å². The Morgan fingerprint density at radius 1 is 1.37 bits per heavy atom. The molecule has 4 nitrogen and oxygen atoms in total. The first-order valence-electron chi connectivity index (χ1n) is 7.08. The van der Waals surface area contributed by atoms with E-state index in [1.165, 1.54) is 18.5 Å². The van der Waals surface area contributed by atoms with Crippen molar-refractivity contribution in [1.82, 2.24) is 9.88 Å². The van der Waals surface area contributed by atoms with Crippen LogP contribution in [0.15, 0.2) is 0 Å². The molecule has 0 radical (unpaired) electrons. The van der Waals surface area contributed by atoms with Crippen molar-refractivity contribution in [2.45, 2.75) is 44.8 Å². The number of likely N-dealkylation sites (N-methyl/N-ethyl adjacent to an activating group) is 1. The SMILES string of the molecule is CN1CCN(c2nc(C3CC3)c(CO)s2)CC1(C)C. The summed E-state index contributed by atoms with van der Waals surface area (Å²) in [5.41, 5.74) is 1.35. The predicted octanol–water partition coefficient (Wildman–Crippen LogP) is 2.04. The van der Waals surface area contributed by atoms with Crippen molar-refractivity contribution in [1.29, 1.82) is 0 Å². The minimum Gasteiger partial charge on any atom is -0.391 e. The summed E-state index contributed by atoms with van der Waals surface area (Å²) in [5, 5.41) is 10.6. The lowest BCUT2D eigenvalue weighted by molar-refractivity contribution is 0.139. The summed E-state index contributed by atoms with van der Waals surface area (Å²) in [6.07, 6.45) is 2.48. The second kappa shape index (κ2) is 4.72. The maximum Gasteiger partial charge on any atom is 0.185 e. The van der Waals surface area contributed by atoms with Gasteiger partial charge in [0.1, 0.15) is 0 Å². The van der Waals surface area contributed by atoms with Crippen molar-refractivity contribution in [3.05, 3.63) is 10.6 Å². The van der Waals surface area contributed by atoms with Gasteiger partial charge in [0.2, 0.25) is 0 Å². The average Bonchev–Trinajstić information content (AvgIpc) is 3.12. The Balaban J connectivity index is 1.82. The molecule has 1 saturated carbocycles. The van der Waals surface area contributed by atoms with E-state index in [1.807, 2.05) is 0 Å². The number of hydrogen-bond acceptors (Lipinski definition) is 5. The molecule has 1 aromatic heterocycles. The van der Waals surface area contributed by atoms with Crippen LogP contribution in [0.25, 0.3) is 0 Å². The third kappa shape index (κ3) is 2.51. The van der Waals surface area contributed by atoms with Crippen molar-refractivity contribution < 1.29 is 5.11 Å². The highest BCUT2D eigenvalue weighted by atomic mass is 32.1. The summed E-state index contributed by atoms with van der Waals surface area (Å²) < 4.78 is 0. The molecular formula is C14H23N3OS. The van der Waals surface area contributed by atoms with Gasteiger partial charge in [-0.3, -0.25) is 4.90 Å². The smallest absolute Gasteiger partial charge is 0.185 e. The van der Waals surface area contributed by atoms with Gasteiger partial charge in [0.15, 0.2) is 5.13 Å². The largest absolute Gasteiger partial charge is 0.391 e. The normalized spacial score (nSPS) is 23.9. The number of aromatic nitrogens is 1. The average molecular weight is 281 g/mol. The Labute approximate surface area is 119 Å². The van der Waals surface area contributed by atoms with Gasteiger partial charge in [0.05, 0.1) is 17.2 Å². The van der Waals surface area contributed by atoms with Crippen LogP contribution in [-0.4, -0.2) is 47.2 Å². The molecule has 19 heavy (non-hydrogen) atoms. The number of thiazole rings is 1. The summed E-state index contributed by atoms with van der Waals surface area (Å²) in [5.74, 6) is 0.618. The molecule has 1 aliphatic heterocycles. The summed E-state index contributed by atoms with van der Waals surface area (Å²) in [7, 11) is 2.19.